The van der Waals surface area contributed by atoms with E-state index in [1.54, 1.807) is 7.05 Å². The maximum Gasteiger partial charge on any atom is 0.341 e. The SMILES string of the molecule is CCCN(Cc1ccc(-c2ccccc2-c2nn[nH]n2)cc1)C1=C(C(=O)O)C=NN(C)N1. The molecule has 1 aliphatic heterocycles. The summed E-state index contributed by atoms with van der Waals surface area (Å²) in [7, 11) is 1.73. The molecule has 0 saturated carbocycles. The van der Waals surface area contributed by atoms with Crippen LogP contribution in [0.25, 0.3) is 22.5 Å². The van der Waals surface area contributed by atoms with Crippen LogP contribution >= 0.6 is 0 Å². The van der Waals surface area contributed by atoms with Crippen molar-refractivity contribution in [3.05, 3.63) is 65.5 Å². The minimum absolute atomic E-state index is 0.141. The molecule has 0 unspecified atom stereocenters. The van der Waals surface area contributed by atoms with Gasteiger partial charge in [0.05, 0.1) is 6.21 Å². The molecule has 2 aromatic carbocycles. The summed E-state index contributed by atoms with van der Waals surface area (Å²) in [5, 5.41) is 29.5. The van der Waals surface area contributed by atoms with Crippen molar-refractivity contribution in [2.75, 3.05) is 13.6 Å². The predicted molar refractivity (Wildman–Crippen MR) is 120 cm³/mol. The second-order valence-electron chi connectivity index (χ2n) is 7.35. The summed E-state index contributed by atoms with van der Waals surface area (Å²) in [6, 6.07) is 16.1. The molecule has 4 rings (SSSR count). The average molecular weight is 432 g/mol. The van der Waals surface area contributed by atoms with Crippen molar-refractivity contribution in [1.29, 1.82) is 0 Å². The van der Waals surface area contributed by atoms with Gasteiger partial charge < -0.3 is 10.0 Å². The summed E-state index contributed by atoms with van der Waals surface area (Å²) in [4.78, 5) is 13.7. The highest BCUT2D eigenvalue weighted by Gasteiger charge is 2.23. The number of tetrazole rings is 1. The van der Waals surface area contributed by atoms with E-state index >= 15 is 0 Å². The van der Waals surface area contributed by atoms with Gasteiger partial charge in [0.25, 0.3) is 0 Å². The Morgan fingerprint density at radius 3 is 2.53 bits per heavy atom. The number of H-pyrrole nitrogens is 1. The molecule has 0 bridgehead atoms. The van der Waals surface area contributed by atoms with E-state index in [9.17, 15) is 9.90 Å². The largest absolute Gasteiger partial charge is 0.477 e. The van der Waals surface area contributed by atoms with Gasteiger partial charge in [0.15, 0.2) is 0 Å². The Balaban J connectivity index is 1.61. The lowest BCUT2D eigenvalue weighted by Crippen LogP contribution is -2.43. The zero-order valence-electron chi connectivity index (χ0n) is 17.9. The summed E-state index contributed by atoms with van der Waals surface area (Å²) >= 11 is 0. The molecular formula is C22H24N8O2. The zero-order chi connectivity index (χ0) is 22.5. The second kappa shape index (κ2) is 9.29. The zero-order valence-corrected chi connectivity index (χ0v) is 17.9. The van der Waals surface area contributed by atoms with Crippen molar-refractivity contribution in [2.45, 2.75) is 19.9 Å². The van der Waals surface area contributed by atoms with Crippen LogP contribution in [-0.2, 0) is 11.3 Å². The fourth-order valence-electron chi connectivity index (χ4n) is 3.60. The highest BCUT2D eigenvalue weighted by atomic mass is 16.4. The van der Waals surface area contributed by atoms with E-state index in [0.717, 1.165) is 28.7 Å². The van der Waals surface area contributed by atoms with Gasteiger partial charge in [-0.15, -0.1) is 10.2 Å². The summed E-state index contributed by atoms with van der Waals surface area (Å²) in [5.41, 5.74) is 7.18. The van der Waals surface area contributed by atoms with Gasteiger partial charge in [0.2, 0.25) is 5.82 Å². The summed E-state index contributed by atoms with van der Waals surface area (Å²) in [6.07, 6.45) is 2.24. The van der Waals surface area contributed by atoms with Crippen molar-refractivity contribution in [3.8, 4) is 22.5 Å². The quantitative estimate of drug-likeness (QED) is 0.496. The van der Waals surface area contributed by atoms with E-state index in [2.05, 4.69) is 38.1 Å². The first-order valence-corrected chi connectivity index (χ1v) is 10.3. The molecule has 10 heteroatoms. The van der Waals surface area contributed by atoms with Crippen LogP contribution < -0.4 is 5.43 Å². The van der Waals surface area contributed by atoms with Crippen LogP contribution in [0.2, 0.25) is 0 Å². The molecule has 32 heavy (non-hydrogen) atoms. The van der Waals surface area contributed by atoms with Crippen LogP contribution in [0, 0.1) is 0 Å². The van der Waals surface area contributed by atoms with Gasteiger partial charge in [-0.1, -0.05) is 55.5 Å². The number of hydrazone groups is 1. The first kappa shape index (κ1) is 21.0. The van der Waals surface area contributed by atoms with E-state index in [1.807, 2.05) is 53.4 Å². The van der Waals surface area contributed by atoms with Crippen molar-refractivity contribution in [2.24, 2.45) is 5.10 Å². The van der Waals surface area contributed by atoms with E-state index in [0.29, 0.717) is 24.7 Å². The number of aliphatic carboxylic acids is 1. The third-order valence-electron chi connectivity index (χ3n) is 5.07. The minimum Gasteiger partial charge on any atom is -0.477 e. The van der Waals surface area contributed by atoms with Crippen molar-refractivity contribution >= 4 is 12.2 Å². The number of aromatic amines is 1. The minimum atomic E-state index is -1.01. The first-order valence-electron chi connectivity index (χ1n) is 10.3. The molecule has 10 nitrogen and oxygen atoms in total. The highest BCUT2D eigenvalue weighted by molar-refractivity contribution is 6.09. The van der Waals surface area contributed by atoms with Crippen LogP contribution in [0.5, 0.6) is 0 Å². The third kappa shape index (κ3) is 4.43. The van der Waals surface area contributed by atoms with Gasteiger partial charge >= 0.3 is 5.97 Å². The molecule has 3 aromatic rings. The molecule has 164 valence electrons. The molecule has 0 fully saturated rings. The number of nitrogens with zero attached hydrogens (tertiary/aromatic N) is 6. The van der Waals surface area contributed by atoms with Gasteiger partial charge in [-0.05, 0) is 28.3 Å². The standard InChI is InChI=1S/C22H24N8O2/c1-3-12-30(21-19(22(31)32)13-23-29(2)26-21)14-15-8-10-16(11-9-15)17-6-4-5-7-18(17)20-24-27-28-25-20/h4-11,13,26H,3,12,14H2,1-2H3,(H,31,32)(H,24,25,27,28). The normalized spacial score (nSPS) is 13.2. The number of carboxylic acid groups (broad SMARTS) is 1. The van der Waals surface area contributed by atoms with Crippen LogP contribution in [-0.4, -0.2) is 61.5 Å². The number of hydrazine groups is 1. The number of carboxylic acids is 1. The van der Waals surface area contributed by atoms with Gasteiger partial charge in [0.1, 0.15) is 11.4 Å². The third-order valence-corrected chi connectivity index (χ3v) is 5.07. The molecule has 1 aromatic heterocycles. The number of hydrogen-bond acceptors (Lipinski definition) is 8. The van der Waals surface area contributed by atoms with E-state index < -0.39 is 5.97 Å². The number of nitrogens with one attached hydrogen (secondary N) is 2. The maximum absolute atomic E-state index is 11.7. The summed E-state index contributed by atoms with van der Waals surface area (Å²) < 4.78 is 0. The number of aromatic nitrogens is 4. The van der Waals surface area contributed by atoms with Gasteiger partial charge in [-0.25, -0.2) is 9.91 Å². The Bertz CT molecular complexity index is 1140. The Labute approximate surface area is 185 Å². The smallest absolute Gasteiger partial charge is 0.341 e. The molecular weight excluding hydrogens is 408 g/mol. The number of hydrogen-bond donors (Lipinski definition) is 3. The van der Waals surface area contributed by atoms with Gasteiger partial charge in [-0.2, -0.15) is 10.3 Å². The molecule has 0 aliphatic carbocycles. The van der Waals surface area contributed by atoms with E-state index in [1.165, 1.54) is 11.3 Å². The molecule has 1 aliphatic rings. The van der Waals surface area contributed by atoms with Gasteiger partial charge in [0, 0.05) is 25.7 Å². The van der Waals surface area contributed by atoms with E-state index in [4.69, 9.17) is 0 Å². The van der Waals surface area contributed by atoms with Crippen LogP contribution in [0.1, 0.15) is 18.9 Å². The molecule has 2 heterocycles. The summed E-state index contributed by atoms with van der Waals surface area (Å²) in [6.45, 7) is 3.32. The number of benzene rings is 2. The van der Waals surface area contributed by atoms with E-state index in [-0.39, 0.29) is 5.57 Å². The van der Waals surface area contributed by atoms with Gasteiger partial charge in [-0.3, -0.25) is 5.43 Å². The lowest BCUT2D eigenvalue weighted by atomic mass is 9.98. The predicted octanol–water partition coefficient (Wildman–Crippen LogP) is 2.48. The molecule has 0 saturated heterocycles. The van der Waals surface area contributed by atoms with Crippen molar-refractivity contribution < 1.29 is 9.90 Å². The van der Waals surface area contributed by atoms with Crippen LogP contribution in [0.4, 0.5) is 0 Å². The fraction of sp³-hybridized carbons (Fsp3) is 0.227. The van der Waals surface area contributed by atoms with Crippen molar-refractivity contribution in [1.82, 2.24) is 36.1 Å². The molecule has 0 atom stereocenters. The Hall–Kier alpha value is -4.21. The molecule has 0 radical (unpaired) electrons. The monoisotopic (exact) mass is 432 g/mol. The first-order chi connectivity index (χ1) is 15.6. The number of rotatable bonds is 8. The number of carbonyl (C=O) groups is 1. The Kier molecular flexibility index (Phi) is 6.11. The molecule has 3 N–H and O–H groups in total. The lowest BCUT2D eigenvalue weighted by molar-refractivity contribution is -0.132. The maximum atomic E-state index is 11.7. The molecule has 0 spiro atoms. The fourth-order valence-corrected chi connectivity index (χ4v) is 3.60. The topological polar surface area (TPSA) is 123 Å². The van der Waals surface area contributed by atoms with Crippen molar-refractivity contribution in [3.63, 3.8) is 0 Å². The Morgan fingerprint density at radius 1 is 1.12 bits per heavy atom. The second-order valence-corrected chi connectivity index (χ2v) is 7.35. The highest BCUT2D eigenvalue weighted by Crippen LogP contribution is 2.30. The van der Waals surface area contributed by atoms with Crippen LogP contribution in [0.3, 0.4) is 0 Å². The Morgan fingerprint density at radius 2 is 1.88 bits per heavy atom. The molecule has 0 amide bonds. The summed E-state index contributed by atoms with van der Waals surface area (Å²) in [5.74, 6) is 0.0587. The average Bonchev–Trinajstić information content (AvgIpc) is 3.34. The van der Waals surface area contributed by atoms with Crippen LogP contribution in [0.15, 0.2) is 65.0 Å². The lowest BCUT2D eigenvalue weighted by Gasteiger charge is -2.33.